The minimum Gasteiger partial charge on any atom is -0.464 e. The molecule has 1 saturated carbocycles. The van der Waals surface area contributed by atoms with E-state index >= 15 is 0 Å². The van der Waals surface area contributed by atoms with Crippen molar-refractivity contribution in [3.8, 4) is 0 Å². The van der Waals surface area contributed by atoms with Crippen LogP contribution in [0, 0.1) is 5.92 Å². The summed E-state index contributed by atoms with van der Waals surface area (Å²) in [4.78, 5) is 12.2. The van der Waals surface area contributed by atoms with Gasteiger partial charge in [-0.3, -0.25) is 0 Å². The van der Waals surface area contributed by atoms with Crippen LogP contribution in [0.4, 0.5) is 0 Å². The first-order valence-corrected chi connectivity index (χ1v) is 7.26. The molecule has 0 bridgehead atoms. The zero-order valence-electron chi connectivity index (χ0n) is 12.0. The predicted molar refractivity (Wildman–Crippen MR) is 77.1 cm³/mol. The Bertz CT molecular complexity index is 431. The monoisotopic (exact) mass is 277 g/mol. The van der Waals surface area contributed by atoms with Gasteiger partial charge in [0.05, 0.1) is 6.61 Å². The standard InChI is InChI=1S/C16H23NO3/c1-2-20-15(18)16(17,14-6-4-3-5-7-14)10-11-19-12-13-8-9-13/h3-7,13H,2,8-12,17H2,1H3. The van der Waals surface area contributed by atoms with Crippen molar-refractivity contribution in [1.29, 1.82) is 0 Å². The normalized spacial score (nSPS) is 17.5. The largest absolute Gasteiger partial charge is 0.464 e. The van der Waals surface area contributed by atoms with Crippen LogP contribution in [0.25, 0.3) is 0 Å². The van der Waals surface area contributed by atoms with Crippen molar-refractivity contribution < 1.29 is 14.3 Å². The van der Waals surface area contributed by atoms with Gasteiger partial charge in [-0.05, 0) is 31.2 Å². The van der Waals surface area contributed by atoms with E-state index in [4.69, 9.17) is 15.2 Å². The van der Waals surface area contributed by atoms with Crippen molar-refractivity contribution in [1.82, 2.24) is 0 Å². The first-order valence-electron chi connectivity index (χ1n) is 7.26. The van der Waals surface area contributed by atoms with Crippen LogP contribution in [0.3, 0.4) is 0 Å². The third-order valence-electron chi connectivity index (χ3n) is 3.62. The van der Waals surface area contributed by atoms with E-state index < -0.39 is 5.54 Å². The Balaban J connectivity index is 2.00. The molecule has 20 heavy (non-hydrogen) atoms. The highest BCUT2D eigenvalue weighted by atomic mass is 16.5. The van der Waals surface area contributed by atoms with Gasteiger partial charge in [-0.2, -0.15) is 0 Å². The van der Waals surface area contributed by atoms with Crippen molar-refractivity contribution in [2.75, 3.05) is 19.8 Å². The molecule has 1 aliphatic carbocycles. The number of carbonyl (C=O) groups excluding carboxylic acids is 1. The Morgan fingerprint density at radius 1 is 1.35 bits per heavy atom. The first kappa shape index (κ1) is 15.0. The van der Waals surface area contributed by atoms with E-state index in [1.807, 2.05) is 30.3 Å². The number of hydrogen-bond acceptors (Lipinski definition) is 4. The Labute approximate surface area is 120 Å². The SMILES string of the molecule is CCOC(=O)C(N)(CCOCC1CC1)c1ccccc1. The van der Waals surface area contributed by atoms with Crippen LogP contribution in [0.15, 0.2) is 30.3 Å². The molecule has 0 radical (unpaired) electrons. The smallest absolute Gasteiger partial charge is 0.330 e. The van der Waals surface area contributed by atoms with Gasteiger partial charge in [-0.1, -0.05) is 30.3 Å². The van der Waals surface area contributed by atoms with Crippen LogP contribution < -0.4 is 5.73 Å². The van der Waals surface area contributed by atoms with Crippen LogP contribution in [-0.4, -0.2) is 25.8 Å². The molecule has 1 fully saturated rings. The molecule has 0 amide bonds. The van der Waals surface area contributed by atoms with Crippen molar-refractivity contribution in [3.63, 3.8) is 0 Å². The van der Waals surface area contributed by atoms with Gasteiger partial charge in [0.25, 0.3) is 0 Å². The van der Waals surface area contributed by atoms with E-state index in [9.17, 15) is 4.79 Å². The molecule has 0 aliphatic heterocycles. The molecule has 2 N–H and O–H groups in total. The number of nitrogens with two attached hydrogens (primary N) is 1. The summed E-state index contributed by atoms with van der Waals surface area (Å²) < 4.78 is 10.7. The van der Waals surface area contributed by atoms with Gasteiger partial charge in [0.2, 0.25) is 0 Å². The maximum atomic E-state index is 12.2. The van der Waals surface area contributed by atoms with Crippen molar-refractivity contribution in [2.45, 2.75) is 31.7 Å². The molecule has 2 rings (SSSR count). The minimum atomic E-state index is -1.12. The van der Waals surface area contributed by atoms with Crippen LogP contribution in [0.5, 0.6) is 0 Å². The van der Waals surface area contributed by atoms with Gasteiger partial charge in [0.15, 0.2) is 0 Å². The highest BCUT2D eigenvalue weighted by molar-refractivity contribution is 5.82. The molecule has 1 aromatic carbocycles. The second kappa shape index (κ2) is 6.86. The maximum Gasteiger partial charge on any atom is 0.330 e. The first-order chi connectivity index (χ1) is 9.66. The van der Waals surface area contributed by atoms with Crippen LogP contribution in [0.2, 0.25) is 0 Å². The molecule has 1 aliphatic rings. The summed E-state index contributed by atoms with van der Waals surface area (Å²) in [7, 11) is 0. The van der Waals surface area contributed by atoms with E-state index in [0.717, 1.165) is 12.2 Å². The van der Waals surface area contributed by atoms with E-state index in [1.54, 1.807) is 6.92 Å². The summed E-state index contributed by atoms with van der Waals surface area (Å²) in [5.74, 6) is 0.322. The Hall–Kier alpha value is -1.39. The number of rotatable bonds is 8. The lowest BCUT2D eigenvalue weighted by Gasteiger charge is -2.27. The number of ether oxygens (including phenoxy) is 2. The summed E-state index contributed by atoms with van der Waals surface area (Å²) >= 11 is 0. The molecule has 1 aromatic rings. The maximum absolute atomic E-state index is 12.2. The van der Waals surface area contributed by atoms with E-state index in [0.29, 0.717) is 25.6 Å². The van der Waals surface area contributed by atoms with E-state index in [2.05, 4.69) is 0 Å². The van der Waals surface area contributed by atoms with Gasteiger partial charge in [0.1, 0.15) is 5.54 Å². The lowest BCUT2D eigenvalue weighted by molar-refractivity contribution is -0.151. The molecule has 110 valence electrons. The van der Waals surface area contributed by atoms with Gasteiger partial charge in [0, 0.05) is 19.6 Å². The quantitative estimate of drug-likeness (QED) is 0.584. The lowest BCUT2D eigenvalue weighted by atomic mass is 9.88. The lowest BCUT2D eigenvalue weighted by Crippen LogP contribution is -2.47. The van der Waals surface area contributed by atoms with Gasteiger partial charge >= 0.3 is 5.97 Å². The molecule has 4 heteroatoms. The molecular weight excluding hydrogens is 254 g/mol. The highest BCUT2D eigenvalue weighted by Gasteiger charge is 2.37. The number of benzene rings is 1. The molecule has 0 heterocycles. The highest BCUT2D eigenvalue weighted by Crippen LogP contribution is 2.29. The average Bonchev–Trinajstić information content (AvgIpc) is 3.29. The Morgan fingerprint density at radius 3 is 2.65 bits per heavy atom. The van der Waals surface area contributed by atoms with E-state index in [-0.39, 0.29) is 5.97 Å². The molecule has 0 spiro atoms. The molecule has 4 nitrogen and oxygen atoms in total. The molecule has 1 atom stereocenters. The summed E-state index contributed by atoms with van der Waals surface area (Å²) in [5.41, 5.74) is 5.97. The van der Waals surface area contributed by atoms with Gasteiger partial charge in [-0.15, -0.1) is 0 Å². The third-order valence-corrected chi connectivity index (χ3v) is 3.62. The predicted octanol–water partition coefficient (Wildman–Crippen LogP) is 2.22. The second-order valence-corrected chi connectivity index (χ2v) is 5.33. The van der Waals surface area contributed by atoms with E-state index in [1.165, 1.54) is 12.8 Å². The fraction of sp³-hybridized carbons (Fsp3) is 0.562. The third kappa shape index (κ3) is 3.81. The fourth-order valence-corrected chi connectivity index (χ4v) is 2.13. The van der Waals surface area contributed by atoms with Gasteiger partial charge in [-0.25, -0.2) is 4.79 Å². The number of carbonyl (C=O) groups is 1. The fourth-order valence-electron chi connectivity index (χ4n) is 2.13. The topological polar surface area (TPSA) is 61.5 Å². The zero-order valence-corrected chi connectivity index (χ0v) is 12.0. The molecule has 1 unspecified atom stereocenters. The van der Waals surface area contributed by atoms with Crippen molar-refractivity contribution in [3.05, 3.63) is 35.9 Å². The Kier molecular flexibility index (Phi) is 5.15. The summed E-state index contributed by atoms with van der Waals surface area (Å²) in [6.07, 6.45) is 2.94. The molecule has 0 aromatic heterocycles. The second-order valence-electron chi connectivity index (χ2n) is 5.33. The van der Waals surface area contributed by atoms with Crippen LogP contribution in [0.1, 0.15) is 31.7 Å². The summed E-state index contributed by atoms with van der Waals surface area (Å²) in [5, 5.41) is 0. The molecular formula is C16H23NO3. The molecule has 0 saturated heterocycles. The van der Waals surface area contributed by atoms with Crippen LogP contribution >= 0.6 is 0 Å². The number of esters is 1. The van der Waals surface area contributed by atoms with Gasteiger partial charge < -0.3 is 15.2 Å². The summed E-state index contributed by atoms with van der Waals surface area (Å²) in [6, 6.07) is 9.37. The summed E-state index contributed by atoms with van der Waals surface area (Å²) in [6.45, 7) is 3.36. The zero-order chi connectivity index (χ0) is 14.4. The number of hydrogen-bond donors (Lipinski definition) is 1. The van der Waals surface area contributed by atoms with Crippen LogP contribution in [-0.2, 0) is 19.8 Å². The average molecular weight is 277 g/mol. The van der Waals surface area contributed by atoms with Crippen molar-refractivity contribution in [2.24, 2.45) is 11.7 Å². The minimum absolute atomic E-state index is 0.327. The van der Waals surface area contributed by atoms with Crippen molar-refractivity contribution >= 4 is 5.97 Å². The Morgan fingerprint density at radius 2 is 2.05 bits per heavy atom.